The molecule has 0 heterocycles. The number of nitrogens with one attached hydrogen (secondary N) is 1. The van der Waals surface area contributed by atoms with Crippen LogP contribution in [0.1, 0.15) is 24.1 Å². The van der Waals surface area contributed by atoms with Crippen LogP contribution < -0.4 is 5.32 Å². The topological polar surface area (TPSA) is 12.0 Å². The van der Waals surface area contributed by atoms with E-state index >= 15 is 0 Å². The molecule has 0 aromatic heterocycles. The zero-order valence-corrected chi connectivity index (χ0v) is 13.6. The highest BCUT2D eigenvalue weighted by molar-refractivity contribution is 9.10. The Bertz CT molecular complexity index is 555. The molecule has 2 rings (SSSR count). The SMILES string of the molecule is CCNC(c1ccc(Br)cc1)c1cccc(Cl)c1Cl. The van der Waals surface area contributed by atoms with Crippen LogP contribution in [0.15, 0.2) is 46.9 Å². The standard InChI is InChI=1S/C15H14BrCl2N/c1-2-19-15(10-6-8-11(16)9-7-10)12-4-3-5-13(17)14(12)18/h3-9,15,19H,2H2,1H3. The smallest absolute Gasteiger partial charge is 0.0643 e. The van der Waals surface area contributed by atoms with E-state index in [0.29, 0.717) is 10.0 Å². The minimum Gasteiger partial charge on any atom is -0.306 e. The van der Waals surface area contributed by atoms with Gasteiger partial charge in [0.2, 0.25) is 0 Å². The maximum absolute atomic E-state index is 6.32. The normalized spacial score (nSPS) is 12.4. The maximum atomic E-state index is 6.32. The van der Waals surface area contributed by atoms with Crippen LogP contribution in [0.2, 0.25) is 10.0 Å². The third-order valence-corrected chi connectivity index (χ3v) is 4.27. The second-order valence-corrected chi connectivity index (χ2v) is 5.89. The molecule has 2 aromatic carbocycles. The molecule has 0 spiro atoms. The van der Waals surface area contributed by atoms with E-state index in [9.17, 15) is 0 Å². The van der Waals surface area contributed by atoms with Crippen LogP contribution in [0.4, 0.5) is 0 Å². The molecule has 0 aliphatic carbocycles. The molecule has 100 valence electrons. The molecule has 0 fully saturated rings. The van der Waals surface area contributed by atoms with Crippen LogP contribution in [0, 0.1) is 0 Å². The van der Waals surface area contributed by atoms with Crippen molar-refractivity contribution in [2.24, 2.45) is 0 Å². The third-order valence-electron chi connectivity index (χ3n) is 2.90. The summed E-state index contributed by atoms with van der Waals surface area (Å²) >= 11 is 15.9. The van der Waals surface area contributed by atoms with Crippen LogP contribution >= 0.6 is 39.1 Å². The van der Waals surface area contributed by atoms with Gasteiger partial charge < -0.3 is 5.32 Å². The highest BCUT2D eigenvalue weighted by atomic mass is 79.9. The molecule has 1 N–H and O–H groups in total. The largest absolute Gasteiger partial charge is 0.306 e. The summed E-state index contributed by atoms with van der Waals surface area (Å²) in [5, 5.41) is 4.64. The fourth-order valence-electron chi connectivity index (χ4n) is 2.01. The molecule has 0 amide bonds. The third kappa shape index (κ3) is 3.51. The van der Waals surface area contributed by atoms with E-state index in [4.69, 9.17) is 23.2 Å². The fraction of sp³-hybridized carbons (Fsp3) is 0.200. The van der Waals surface area contributed by atoms with Gasteiger partial charge in [0.15, 0.2) is 0 Å². The van der Waals surface area contributed by atoms with Crippen LogP contribution in [0.3, 0.4) is 0 Å². The van der Waals surface area contributed by atoms with Crippen LogP contribution in [0.5, 0.6) is 0 Å². The second kappa shape index (κ2) is 6.76. The first-order chi connectivity index (χ1) is 9.13. The van der Waals surface area contributed by atoms with E-state index in [2.05, 4.69) is 40.3 Å². The molecule has 0 aliphatic rings. The van der Waals surface area contributed by atoms with E-state index < -0.39 is 0 Å². The summed E-state index contributed by atoms with van der Waals surface area (Å²) in [6.45, 7) is 2.92. The monoisotopic (exact) mass is 357 g/mol. The highest BCUT2D eigenvalue weighted by Crippen LogP contribution is 2.33. The predicted molar refractivity (Wildman–Crippen MR) is 86.1 cm³/mol. The van der Waals surface area contributed by atoms with Gasteiger partial charge in [-0.2, -0.15) is 0 Å². The summed E-state index contributed by atoms with van der Waals surface area (Å²) in [6.07, 6.45) is 0. The molecular formula is C15H14BrCl2N. The van der Waals surface area contributed by atoms with E-state index in [-0.39, 0.29) is 6.04 Å². The van der Waals surface area contributed by atoms with Gasteiger partial charge in [-0.25, -0.2) is 0 Å². The summed E-state index contributed by atoms with van der Waals surface area (Å²) in [7, 11) is 0. The van der Waals surface area contributed by atoms with Crippen LogP contribution in [-0.4, -0.2) is 6.54 Å². The Morgan fingerprint density at radius 1 is 1.11 bits per heavy atom. The van der Waals surface area contributed by atoms with Gasteiger partial charge in [0.25, 0.3) is 0 Å². The van der Waals surface area contributed by atoms with Crippen LogP contribution in [0.25, 0.3) is 0 Å². The minimum atomic E-state index is 0.0456. The molecule has 4 heteroatoms. The number of rotatable bonds is 4. The molecule has 19 heavy (non-hydrogen) atoms. The lowest BCUT2D eigenvalue weighted by atomic mass is 9.98. The Kier molecular flexibility index (Phi) is 5.28. The Labute approximate surface area is 132 Å². The molecule has 0 aliphatic heterocycles. The average molecular weight is 359 g/mol. The van der Waals surface area contributed by atoms with Crippen molar-refractivity contribution in [2.75, 3.05) is 6.54 Å². The van der Waals surface area contributed by atoms with Gasteiger partial charge in [0.05, 0.1) is 16.1 Å². The summed E-state index contributed by atoms with van der Waals surface area (Å²) in [6, 6.07) is 14.0. The molecular weight excluding hydrogens is 345 g/mol. The molecule has 1 nitrogen and oxygen atoms in total. The van der Waals surface area contributed by atoms with E-state index in [0.717, 1.165) is 22.1 Å². The van der Waals surface area contributed by atoms with Gasteiger partial charge in [0, 0.05) is 4.47 Å². The van der Waals surface area contributed by atoms with E-state index in [1.165, 1.54) is 0 Å². The molecule has 0 bridgehead atoms. The Hall–Kier alpha value is -0.540. The first kappa shape index (κ1) is 14.9. The van der Waals surface area contributed by atoms with Crippen molar-refractivity contribution < 1.29 is 0 Å². The molecule has 0 saturated heterocycles. The Morgan fingerprint density at radius 2 is 1.79 bits per heavy atom. The van der Waals surface area contributed by atoms with Crippen LogP contribution in [-0.2, 0) is 0 Å². The number of halogens is 3. The maximum Gasteiger partial charge on any atom is 0.0643 e. The molecule has 1 unspecified atom stereocenters. The van der Waals surface area contributed by atoms with Crippen molar-refractivity contribution in [1.82, 2.24) is 5.32 Å². The first-order valence-corrected chi connectivity index (χ1v) is 7.61. The number of hydrogen-bond donors (Lipinski definition) is 1. The van der Waals surface area contributed by atoms with Gasteiger partial charge in [-0.3, -0.25) is 0 Å². The molecule has 1 atom stereocenters. The van der Waals surface area contributed by atoms with Gasteiger partial charge in [-0.1, -0.05) is 70.3 Å². The number of hydrogen-bond acceptors (Lipinski definition) is 1. The fourth-order valence-corrected chi connectivity index (χ4v) is 2.69. The van der Waals surface area contributed by atoms with Gasteiger partial charge in [-0.15, -0.1) is 0 Å². The predicted octanol–water partition coefficient (Wildman–Crippen LogP) is 5.45. The van der Waals surface area contributed by atoms with Gasteiger partial charge >= 0.3 is 0 Å². The lowest BCUT2D eigenvalue weighted by Gasteiger charge is -2.20. The van der Waals surface area contributed by atoms with Crippen molar-refractivity contribution in [3.8, 4) is 0 Å². The Morgan fingerprint density at radius 3 is 2.42 bits per heavy atom. The lowest BCUT2D eigenvalue weighted by molar-refractivity contribution is 0.631. The molecule has 0 saturated carbocycles. The van der Waals surface area contributed by atoms with Crippen molar-refractivity contribution in [1.29, 1.82) is 0 Å². The summed E-state index contributed by atoms with van der Waals surface area (Å²) in [5.74, 6) is 0. The quantitative estimate of drug-likeness (QED) is 0.765. The van der Waals surface area contributed by atoms with E-state index in [1.54, 1.807) is 6.07 Å². The minimum absolute atomic E-state index is 0.0456. The van der Waals surface area contributed by atoms with Crippen molar-refractivity contribution in [3.63, 3.8) is 0 Å². The zero-order valence-electron chi connectivity index (χ0n) is 10.5. The first-order valence-electron chi connectivity index (χ1n) is 6.06. The van der Waals surface area contributed by atoms with Gasteiger partial charge in [-0.05, 0) is 35.9 Å². The number of benzene rings is 2. The summed E-state index contributed by atoms with van der Waals surface area (Å²) in [5.41, 5.74) is 2.16. The van der Waals surface area contributed by atoms with Gasteiger partial charge in [0.1, 0.15) is 0 Å². The average Bonchev–Trinajstić information content (AvgIpc) is 2.41. The lowest BCUT2D eigenvalue weighted by Crippen LogP contribution is -2.22. The van der Waals surface area contributed by atoms with Crippen molar-refractivity contribution in [2.45, 2.75) is 13.0 Å². The molecule has 0 radical (unpaired) electrons. The summed E-state index contributed by atoms with van der Waals surface area (Å²) < 4.78 is 1.06. The second-order valence-electron chi connectivity index (χ2n) is 4.19. The molecule has 2 aromatic rings. The van der Waals surface area contributed by atoms with Crippen molar-refractivity contribution >= 4 is 39.1 Å². The Balaban J connectivity index is 2.45. The zero-order chi connectivity index (χ0) is 13.8. The highest BCUT2D eigenvalue weighted by Gasteiger charge is 2.17. The van der Waals surface area contributed by atoms with E-state index in [1.807, 2.05) is 24.3 Å². The van der Waals surface area contributed by atoms with Crippen molar-refractivity contribution in [3.05, 3.63) is 68.1 Å². The summed E-state index contributed by atoms with van der Waals surface area (Å²) in [4.78, 5) is 0.